The molecular weight excluding hydrogens is 236 g/mol. The SMILES string of the molecule is CC(CC1CC1)NC(=O)[C@H]1Cc2ccccc2CN1. The summed E-state index contributed by atoms with van der Waals surface area (Å²) < 4.78 is 0. The van der Waals surface area contributed by atoms with E-state index >= 15 is 0 Å². The first kappa shape index (κ1) is 12.7. The summed E-state index contributed by atoms with van der Waals surface area (Å²) >= 11 is 0. The second kappa shape index (κ2) is 5.33. The van der Waals surface area contributed by atoms with Gasteiger partial charge in [-0.05, 0) is 36.8 Å². The van der Waals surface area contributed by atoms with Gasteiger partial charge in [0.2, 0.25) is 5.91 Å². The van der Waals surface area contributed by atoms with Crippen molar-refractivity contribution in [1.29, 1.82) is 0 Å². The Morgan fingerprint density at radius 2 is 2.11 bits per heavy atom. The molecule has 1 fully saturated rings. The fourth-order valence-corrected chi connectivity index (χ4v) is 2.90. The fraction of sp³-hybridized carbons (Fsp3) is 0.562. The van der Waals surface area contributed by atoms with E-state index in [1.807, 2.05) is 0 Å². The minimum atomic E-state index is -0.0726. The molecule has 2 aliphatic rings. The Kier molecular flexibility index (Phi) is 3.56. The van der Waals surface area contributed by atoms with Crippen molar-refractivity contribution in [2.24, 2.45) is 5.92 Å². The van der Waals surface area contributed by atoms with Crippen LogP contribution < -0.4 is 10.6 Å². The smallest absolute Gasteiger partial charge is 0.237 e. The lowest BCUT2D eigenvalue weighted by molar-refractivity contribution is -0.124. The van der Waals surface area contributed by atoms with Gasteiger partial charge in [0.25, 0.3) is 0 Å². The highest BCUT2D eigenvalue weighted by Crippen LogP contribution is 2.33. The van der Waals surface area contributed by atoms with E-state index < -0.39 is 0 Å². The normalized spacial score (nSPS) is 23.5. The number of nitrogens with one attached hydrogen (secondary N) is 2. The monoisotopic (exact) mass is 258 g/mol. The van der Waals surface area contributed by atoms with Gasteiger partial charge in [-0.15, -0.1) is 0 Å². The lowest BCUT2D eigenvalue weighted by Crippen LogP contribution is -2.49. The van der Waals surface area contributed by atoms with Crippen LogP contribution in [0.25, 0.3) is 0 Å². The van der Waals surface area contributed by atoms with Crippen molar-refractivity contribution in [3.8, 4) is 0 Å². The van der Waals surface area contributed by atoms with Gasteiger partial charge in [0.1, 0.15) is 0 Å². The highest BCUT2D eigenvalue weighted by atomic mass is 16.2. The van der Waals surface area contributed by atoms with Crippen LogP contribution in [0.5, 0.6) is 0 Å². The summed E-state index contributed by atoms with van der Waals surface area (Å²) in [7, 11) is 0. The van der Waals surface area contributed by atoms with Crippen LogP contribution in [-0.2, 0) is 17.8 Å². The van der Waals surface area contributed by atoms with Gasteiger partial charge in [0, 0.05) is 12.6 Å². The van der Waals surface area contributed by atoms with Crippen LogP contribution >= 0.6 is 0 Å². The molecule has 102 valence electrons. The summed E-state index contributed by atoms with van der Waals surface area (Å²) in [4.78, 5) is 12.2. The number of hydrogen-bond acceptors (Lipinski definition) is 2. The van der Waals surface area contributed by atoms with Gasteiger partial charge in [0.05, 0.1) is 6.04 Å². The quantitative estimate of drug-likeness (QED) is 0.867. The lowest BCUT2D eigenvalue weighted by Gasteiger charge is -2.26. The maximum absolute atomic E-state index is 12.2. The molecule has 3 nitrogen and oxygen atoms in total. The van der Waals surface area contributed by atoms with Crippen LogP contribution in [0, 0.1) is 5.92 Å². The van der Waals surface area contributed by atoms with Crippen molar-refractivity contribution < 1.29 is 4.79 Å². The zero-order valence-corrected chi connectivity index (χ0v) is 11.5. The Morgan fingerprint density at radius 3 is 2.84 bits per heavy atom. The van der Waals surface area contributed by atoms with Crippen LogP contribution in [0.1, 0.15) is 37.3 Å². The second-order valence-electron chi connectivity index (χ2n) is 6.00. The number of amides is 1. The van der Waals surface area contributed by atoms with Crippen LogP contribution in [0.15, 0.2) is 24.3 Å². The number of fused-ring (bicyclic) bond motifs is 1. The summed E-state index contributed by atoms with van der Waals surface area (Å²) in [6.45, 7) is 2.91. The van der Waals surface area contributed by atoms with Gasteiger partial charge in [-0.3, -0.25) is 4.79 Å². The van der Waals surface area contributed by atoms with Gasteiger partial charge in [-0.1, -0.05) is 37.1 Å². The van der Waals surface area contributed by atoms with Crippen molar-refractivity contribution in [2.45, 2.75) is 51.2 Å². The van der Waals surface area contributed by atoms with Crippen LogP contribution in [0.3, 0.4) is 0 Å². The molecule has 1 aromatic rings. The van der Waals surface area contributed by atoms with E-state index in [4.69, 9.17) is 0 Å². The molecule has 19 heavy (non-hydrogen) atoms. The molecule has 0 spiro atoms. The predicted molar refractivity (Wildman–Crippen MR) is 75.7 cm³/mol. The molecule has 1 amide bonds. The third kappa shape index (κ3) is 3.16. The van der Waals surface area contributed by atoms with E-state index in [0.29, 0.717) is 6.04 Å². The highest BCUT2D eigenvalue weighted by molar-refractivity contribution is 5.82. The van der Waals surface area contributed by atoms with Crippen molar-refractivity contribution in [3.05, 3.63) is 35.4 Å². The number of carbonyl (C=O) groups is 1. The number of hydrogen-bond donors (Lipinski definition) is 2. The Balaban J connectivity index is 1.56. The largest absolute Gasteiger partial charge is 0.352 e. The lowest BCUT2D eigenvalue weighted by atomic mass is 9.95. The predicted octanol–water partition coefficient (Wildman–Crippen LogP) is 2.01. The molecule has 1 heterocycles. The molecule has 1 aliphatic carbocycles. The van der Waals surface area contributed by atoms with Crippen LogP contribution in [-0.4, -0.2) is 18.0 Å². The fourth-order valence-electron chi connectivity index (χ4n) is 2.90. The minimum Gasteiger partial charge on any atom is -0.352 e. The standard InChI is InChI=1S/C16H22N2O/c1-11(8-12-6-7-12)18-16(19)15-9-13-4-2-3-5-14(13)10-17-15/h2-5,11-12,15,17H,6-10H2,1H3,(H,18,19)/t11?,15-/m1/s1. The molecular formula is C16H22N2O. The highest BCUT2D eigenvalue weighted by Gasteiger charge is 2.27. The molecule has 0 bridgehead atoms. The van der Waals surface area contributed by atoms with E-state index in [1.54, 1.807) is 0 Å². The Labute approximate surface area is 114 Å². The zero-order chi connectivity index (χ0) is 13.2. The summed E-state index contributed by atoms with van der Waals surface area (Å²) in [5.41, 5.74) is 2.62. The van der Waals surface area contributed by atoms with Crippen LogP contribution in [0.2, 0.25) is 0 Å². The summed E-state index contributed by atoms with van der Waals surface area (Å²) in [5, 5.41) is 6.49. The van der Waals surface area contributed by atoms with E-state index in [-0.39, 0.29) is 11.9 Å². The van der Waals surface area contributed by atoms with Gasteiger partial charge >= 0.3 is 0 Å². The summed E-state index contributed by atoms with van der Waals surface area (Å²) in [6, 6.07) is 8.60. The molecule has 1 unspecified atom stereocenters. The Hall–Kier alpha value is -1.35. The molecule has 3 rings (SSSR count). The molecule has 1 aromatic carbocycles. The van der Waals surface area contributed by atoms with Gasteiger partial charge in [0.15, 0.2) is 0 Å². The average Bonchev–Trinajstić information content (AvgIpc) is 3.21. The minimum absolute atomic E-state index is 0.0726. The third-order valence-electron chi connectivity index (χ3n) is 4.17. The number of carbonyl (C=O) groups excluding carboxylic acids is 1. The first-order chi connectivity index (χ1) is 9.22. The maximum Gasteiger partial charge on any atom is 0.237 e. The van der Waals surface area contributed by atoms with Crippen molar-refractivity contribution in [3.63, 3.8) is 0 Å². The van der Waals surface area contributed by atoms with Gasteiger partial charge < -0.3 is 10.6 Å². The van der Waals surface area contributed by atoms with Crippen LogP contribution in [0.4, 0.5) is 0 Å². The molecule has 3 heteroatoms. The van der Waals surface area contributed by atoms with E-state index in [2.05, 4.69) is 41.8 Å². The second-order valence-corrected chi connectivity index (χ2v) is 6.00. The maximum atomic E-state index is 12.2. The first-order valence-corrected chi connectivity index (χ1v) is 7.33. The molecule has 2 N–H and O–H groups in total. The van der Waals surface area contributed by atoms with Gasteiger partial charge in [-0.25, -0.2) is 0 Å². The molecule has 1 aliphatic heterocycles. The Morgan fingerprint density at radius 1 is 1.37 bits per heavy atom. The Bertz CT molecular complexity index is 468. The van der Waals surface area contributed by atoms with E-state index in [9.17, 15) is 4.79 Å². The van der Waals surface area contributed by atoms with Crippen molar-refractivity contribution in [1.82, 2.24) is 10.6 Å². The van der Waals surface area contributed by atoms with Crippen molar-refractivity contribution in [2.75, 3.05) is 0 Å². The molecule has 0 radical (unpaired) electrons. The van der Waals surface area contributed by atoms with Gasteiger partial charge in [-0.2, -0.15) is 0 Å². The topological polar surface area (TPSA) is 41.1 Å². The summed E-state index contributed by atoms with van der Waals surface area (Å²) in [6.07, 6.45) is 4.62. The van der Waals surface area contributed by atoms with E-state index in [0.717, 1.165) is 25.3 Å². The number of benzene rings is 1. The summed E-state index contributed by atoms with van der Waals surface area (Å²) in [5.74, 6) is 1.01. The first-order valence-electron chi connectivity index (χ1n) is 7.33. The molecule has 1 saturated carbocycles. The zero-order valence-electron chi connectivity index (χ0n) is 11.5. The average molecular weight is 258 g/mol. The molecule has 0 saturated heterocycles. The molecule has 2 atom stereocenters. The number of rotatable bonds is 4. The third-order valence-corrected chi connectivity index (χ3v) is 4.17. The molecule has 0 aromatic heterocycles. The van der Waals surface area contributed by atoms with E-state index in [1.165, 1.54) is 24.0 Å². The van der Waals surface area contributed by atoms with Crippen molar-refractivity contribution >= 4 is 5.91 Å².